The van der Waals surface area contributed by atoms with Crippen molar-refractivity contribution in [3.63, 3.8) is 0 Å². The molecule has 1 fully saturated rings. The van der Waals surface area contributed by atoms with Crippen molar-refractivity contribution in [3.8, 4) is 0 Å². The lowest BCUT2D eigenvalue weighted by molar-refractivity contribution is 0.0653. The molecule has 1 aliphatic rings. The molecule has 1 N–H and O–H groups in total. The summed E-state index contributed by atoms with van der Waals surface area (Å²) in [5.74, 6) is -1.34. The van der Waals surface area contributed by atoms with E-state index in [0.29, 0.717) is 0 Å². The molecule has 1 aliphatic heterocycles. The van der Waals surface area contributed by atoms with Gasteiger partial charge in [-0.2, -0.15) is 0 Å². The molecular formula is C9H12N2O3. The van der Waals surface area contributed by atoms with Gasteiger partial charge in [0.15, 0.2) is 0 Å². The Labute approximate surface area is 81.3 Å². The van der Waals surface area contributed by atoms with Crippen molar-refractivity contribution in [1.82, 2.24) is 9.88 Å². The Bertz CT molecular complexity index is 348. The second-order valence-corrected chi connectivity index (χ2v) is 3.52. The van der Waals surface area contributed by atoms with E-state index in [9.17, 15) is 4.79 Å². The van der Waals surface area contributed by atoms with Crippen molar-refractivity contribution < 1.29 is 14.3 Å². The van der Waals surface area contributed by atoms with Crippen LogP contribution in [-0.4, -0.2) is 34.6 Å². The number of oxazole rings is 1. The zero-order valence-corrected chi connectivity index (χ0v) is 7.93. The summed E-state index contributed by atoms with van der Waals surface area (Å²) in [6.07, 6.45) is 3.58. The third-order valence-electron chi connectivity index (χ3n) is 2.57. The highest BCUT2D eigenvalue weighted by Gasteiger charge is 2.26. The Morgan fingerprint density at radius 3 is 3.07 bits per heavy atom. The Morgan fingerprint density at radius 1 is 1.79 bits per heavy atom. The Morgan fingerprint density at radius 2 is 2.57 bits per heavy atom. The predicted octanol–water partition coefficient (Wildman–Crippen LogP) is 1.14. The first-order chi connectivity index (χ1) is 6.68. The highest BCUT2D eigenvalue weighted by Crippen LogP contribution is 2.29. The number of rotatable bonds is 2. The number of likely N-dealkylation sites (tertiary alicyclic amines) is 1. The van der Waals surface area contributed by atoms with Gasteiger partial charge in [-0.1, -0.05) is 0 Å². The highest BCUT2D eigenvalue weighted by atomic mass is 16.4. The lowest BCUT2D eigenvalue weighted by Crippen LogP contribution is -2.17. The highest BCUT2D eigenvalue weighted by molar-refractivity contribution is 5.82. The van der Waals surface area contributed by atoms with E-state index in [-0.39, 0.29) is 11.9 Å². The number of hydrogen-bond donors (Lipinski definition) is 1. The van der Waals surface area contributed by atoms with E-state index in [1.54, 1.807) is 0 Å². The average Bonchev–Trinajstić information content (AvgIpc) is 2.71. The number of hydrogen-bond acceptors (Lipinski definition) is 4. The minimum Gasteiger partial charge on any atom is -0.474 e. The van der Waals surface area contributed by atoms with Gasteiger partial charge in [-0.25, -0.2) is 9.78 Å². The fourth-order valence-electron chi connectivity index (χ4n) is 1.82. The molecule has 0 bridgehead atoms. The third kappa shape index (κ3) is 1.50. The van der Waals surface area contributed by atoms with E-state index in [1.807, 2.05) is 7.05 Å². The molecule has 0 aliphatic carbocycles. The molecule has 0 radical (unpaired) electrons. The first kappa shape index (κ1) is 9.21. The van der Waals surface area contributed by atoms with Gasteiger partial charge in [0, 0.05) is 0 Å². The van der Waals surface area contributed by atoms with Gasteiger partial charge in [-0.3, -0.25) is 4.90 Å². The van der Waals surface area contributed by atoms with Gasteiger partial charge in [0.1, 0.15) is 6.26 Å². The molecule has 14 heavy (non-hydrogen) atoms. The molecule has 0 aromatic carbocycles. The number of carbonyl (C=O) groups is 1. The predicted molar refractivity (Wildman–Crippen MR) is 48.1 cm³/mol. The minimum atomic E-state index is -1.11. The second-order valence-electron chi connectivity index (χ2n) is 3.52. The molecular weight excluding hydrogens is 184 g/mol. The number of aromatic carboxylic acids is 1. The summed E-state index contributed by atoms with van der Waals surface area (Å²) in [5.41, 5.74) is 0.724. The van der Waals surface area contributed by atoms with Crippen LogP contribution in [0.2, 0.25) is 0 Å². The lowest BCUT2D eigenvalue weighted by atomic mass is 10.2. The standard InChI is InChI=1S/C9H12N2O3/c1-11-4-2-3-7(11)6-5-14-8(10-6)9(12)13/h5,7H,2-4H2,1H3,(H,12,13). The Balaban J connectivity index is 2.20. The summed E-state index contributed by atoms with van der Waals surface area (Å²) in [7, 11) is 2.01. The van der Waals surface area contributed by atoms with Gasteiger partial charge in [0.05, 0.1) is 11.7 Å². The molecule has 2 heterocycles. The summed E-state index contributed by atoms with van der Waals surface area (Å²) in [6, 6.07) is 0.215. The fourth-order valence-corrected chi connectivity index (χ4v) is 1.82. The van der Waals surface area contributed by atoms with Crippen molar-refractivity contribution in [2.24, 2.45) is 0 Å². The van der Waals surface area contributed by atoms with Crippen molar-refractivity contribution >= 4 is 5.97 Å². The number of aromatic nitrogens is 1. The molecule has 1 aromatic rings. The van der Waals surface area contributed by atoms with Crippen LogP contribution < -0.4 is 0 Å². The van der Waals surface area contributed by atoms with Crippen molar-refractivity contribution in [2.75, 3.05) is 13.6 Å². The molecule has 76 valence electrons. The van der Waals surface area contributed by atoms with Crippen LogP contribution in [0.25, 0.3) is 0 Å². The van der Waals surface area contributed by atoms with Gasteiger partial charge in [-0.05, 0) is 26.4 Å². The van der Waals surface area contributed by atoms with Crippen molar-refractivity contribution in [1.29, 1.82) is 0 Å². The molecule has 0 saturated carbocycles. The monoisotopic (exact) mass is 196 g/mol. The SMILES string of the molecule is CN1CCCC1c1coc(C(=O)O)n1. The first-order valence-electron chi connectivity index (χ1n) is 4.57. The minimum absolute atomic E-state index is 0.215. The topological polar surface area (TPSA) is 66.6 Å². The summed E-state index contributed by atoms with van der Waals surface area (Å²) in [6.45, 7) is 1.03. The lowest BCUT2D eigenvalue weighted by Gasteiger charge is -2.15. The van der Waals surface area contributed by atoms with Crippen LogP contribution in [0.1, 0.15) is 35.3 Å². The Hall–Kier alpha value is -1.36. The van der Waals surface area contributed by atoms with Gasteiger partial charge >= 0.3 is 11.9 Å². The quantitative estimate of drug-likeness (QED) is 0.768. The molecule has 1 unspecified atom stereocenters. The molecule has 1 atom stereocenters. The van der Waals surface area contributed by atoms with Gasteiger partial charge in [0.25, 0.3) is 0 Å². The fraction of sp³-hybridized carbons (Fsp3) is 0.556. The molecule has 0 spiro atoms. The zero-order chi connectivity index (χ0) is 10.1. The van der Waals surface area contributed by atoms with Crippen LogP contribution in [0.5, 0.6) is 0 Å². The maximum atomic E-state index is 10.5. The van der Waals surface area contributed by atoms with Crippen LogP contribution >= 0.6 is 0 Å². The van der Waals surface area contributed by atoms with Crippen molar-refractivity contribution in [3.05, 3.63) is 17.8 Å². The van der Waals surface area contributed by atoms with E-state index in [4.69, 9.17) is 9.52 Å². The van der Waals surface area contributed by atoms with Gasteiger partial charge in [-0.15, -0.1) is 0 Å². The summed E-state index contributed by atoms with van der Waals surface area (Å²) >= 11 is 0. The molecule has 5 nitrogen and oxygen atoms in total. The zero-order valence-electron chi connectivity index (χ0n) is 7.93. The smallest absolute Gasteiger partial charge is 0.392 e. The van der Waals surface area contributed by atoms with E-state index in [2.05, 4.69) is 9.88 Å². The third-order valence-corrected chi connectivity index (χ3v) is 2.57. The van der Waals surface area contributed by atoms with Crippen LogP contribution in [0, 0.1) is 0 Å². The van der Waals surface area contributed by atoms with E-state index in [1.165, 1.54) is 6.26 Å². The van der Waals surface area contributed by atoms with Crippen LogP contribution in [0.4, 0.5) is 0 Å². The van der Waals surface area contributed by atoms with Crippen LogP contribution in [0.3, 0.4) is 0 Å². The van der Waals surface area contributed by atoms with Crippen LogP contribution in [0.15, 0.2) is 10.7 Å². The Kier molecular flexibility index (Phi) is 2.25. The molecule has 5 heteroatoms. The van der Waals surface area contributed by atoms with E-state index in [0.717, 1.165) is 25.1 Å². The molecule has 0 amide bonds. The van der Waals surface area contributed by atoms with E-state index >= 15 is 0 Å². The number of carboxylic acid groups (broad SMARTS) is 1. The average molecular weight is 196 g/mol. The maximum Gasteiger partial charge on any atom is 0.392 e. The number of carboxylic acids is 1. The van der Waals surface area contributed by atoms with Crippen LogP contribution in [-0.2, 0) is 0 Å². The maximum absolute atomic E-state index is 10.5. The first-order valence-corrected chi connectivity index (χ1v) is 4.57. The van der Waals surface area contributed by atoms with Gasteiger partial charge < -0.3 is 9.52 Å². The summed E-state index contributed by atoms with van der Waals surface area (Å²) in [5, 5.41) is 8.64. The van der Waals surface area contributed by atoms with E-state index < -0.39 is 5.97 Å². The number of nitrogens with zero attached hydrogens (tertiary/aromatic N) is 2. The van der Waals surface area contributed by atoms with Gasteiger partial charge in [0.2, 0.25) is 0 Å². The second kappa shape index (κ2) is 3.42. The summed E-state index contributed by atoms with van der Waals surface area (Å²) < 4.78 is 4.85. The summed E-state index contributed by atoms with van der Waals surface area (Å²) in [4.78, 5) is 16.6. The molecule has 1 saturated heterocycles. The largest absolute Gasteiger partial charge is 0.474 e. The normalized spacial score (nSPS) is 22.8. The molecule has 1 aromatic heterocycles. The molecule has 2 rings (SSSR count). The van der Waals surface area contributed by atoms with Crippen molar-refractivity contribution in [2.45, 2.75) is 18.9 Å².